The van der Waals surface area contributed by atoms with Crippen molar-refractivity contribution in [1.29, 1.82) is 0 Å². The highest BCUT2D eigenvalue weighted by atomic mass is 35.5. The van der Waals surface area contributed by atoms with E-state index in [1.54, 1.807) is 13.0 Å². The Bertz CT molecular complexity index is 720. The van der Waals surface area contributed by atoms with Gasteiger partial charge in [-0.3, -0.25) is 4.72 Å². The molecule has 0 amide bonds. The van der Waals surface area contributed by atoms with Gasteiger partial charge in [0, 0.05) is 15.7 Å². The molecule has 4 nitrogen and oxygen atoms in total. The normalized spacial score (nSPS) is 11.3. The largest absolute Gasteiger partial charge is 0.399 e. The third-order valence-electron chi connectivity index (χ3n) is 2.50. The quantitative estimate of drug-likeness (QED) is 0.843. The number of rotatable bonds is 3. The van der Waals surface area contributed by atoms with Crippen molar-refractivity contribution in [2.24, 2.45) is 0 Å². The zero-order valence-corrected chi connectivity index (χ0v) is 12.9. The summed E-state index contributed by atoms with van der Waals surface area (Å²) < 4.78 is 27.0. The van der Waals surface area contributed by atoms with Crippen molar-refractivity contribution in [3.63, 3.8) is 0 Å². The molecule has 3 N–H and O–H groups in total. The molecule has 0 saturated heterocycles. The number of nitrogens with one attached hydrogen (secondary N) is 1. The molecule has 106 valence electrons. The fraction of sp³-hybridized carbons (Fsp3) is 0.0769. The first kappa shape index (κ1) is 15.0. The predicted octanol–water partition coefficient (Wildman–Crippen LogP) is 3.68. The molecule has 0 heterocycles. The number of nitrogens with two attached hydrogens (primary N) is 1. The van der Waals surface area contributed by atoms with Crippen molar-refractivity contribution < 1.29 is 8.42 Å². The molecule has 0 atom stereocenters. The van der Waals surface area contributed by atoms with E-state index in [1.807, 2.05) is 0 Å². The third kappa shape index (κ3) is 3.56. The van der Waals surface area contributed by atoms with Crippen molar-refractivity contribution in [1.82, 2.24) is 0 Å². The van der Waals surface area contributed by atoms with Gasteiger partial charge in [-0.15, -0.1) is 0 Å². The van der Waals surface area contributed by atoms with Gasteiger partial charge < -0.3 is 5.73 Å². The van der Waals surface area contributed by atoms with Gasteiger partial charge in [-0.25, -0.2) is 8.42 Å². The summed E-state index contributed by atoms with van der Waals surface area (Å²) >= 11 is 11.7. The number of nitrogen functional groups attached to an aromatic ring is 1. The van der Waals surface area contributed by atoms with Crippen LogP contribution >= 0.6 is 23.2 Å². The van der Waals surface area contributed by atoms with Crippen LogP contribution in [0.5, 0.6) is 0 Å². The summed E-state index contributed by atoms with van der Waals surface area (Å²) in [5.41, 5.74) is 7.10. The second-order valence-electron chi connectivity index (χ2n) is 4.34. The van der Waals surface area contributed by atoms with E-state index in [2.05, 4.69) is 4.72 Å². The van der Waals surface area contributed by atoms with E-state index in [1.165, 1.54) is 30.3 Å². The Labute approximate surface area is 127 Å². The summed E-state index contributed by atoms with van der Waals surface area (Å²) in [6, 6.07) is 9.08. The maximum absolute atomic E-state index is 12.3. The molecule has 0 radical (unpaired) electrons. The van der Waals surface area contributed by atoms with Gasteiger partial charge in [0.15, 0.2) is 0 Å². The summed E-state index contributed by atoms with van der Waals surface area (Å²) in [7, 11) is -3.74. The predicted molar refractivity (Wildman–Crippen MR) is 82.9 cm³/mol. The summed E-state index contributed by atoms with van der Waals surface area (Å²) in [6.07, 6.45) is 0. The highest BCUT2D eigenvalue weighted by molar-refractivity contribution is 7.92. The molecule has 0 aliphatic heterocycles. The van der Waals surface area contributed by atoms with Crippen LogP contribution in [0, 0.1) is 6.92 Å². The highest BCUT2D eigenvalue weighted by Gasteiger charge is 2.15. The minimum absolute atomic E-state index is 0.0890. The average Bonchev–Trinajstić information content (AvgIpc) is 2.25. The molecular formula is C13H12Cl2N2O2S. The molecule has 2 aromatic carbocycles. The van der Waals surface area contributed by atoms with E-state index < -0.39 is 10.0 Å². The van der Waals surface area contributed by atoms with Crippen LogP contribution in [-0.4, -0.2) is 8.42 Å². The number of sulfonamides is 1. The Morgan fingerprint density at radius 3 is 2.15 bits per heavy atom. The van der Waals surface area contributed by atoms with Crippen molar-refractivity contribution in [3.8, 4) is 0 Å². The van der Waals surface area contributed by atoms with E-state index in [-0.39, 0.29) is 4.90 Å². The molecule has 0 unspecified atom stereocenters. The van der Waals surface area contributed by atoms with E-state index in [4.69, 9.17) is 28.9 Å². The maximum Gasteiger partial charge on any atom is 0.261 e. The molecular weight excluding hydrogens is 319 g/mol. The number of aryl methyl sites for hydroxylation is 1. The second kappa shape index (κ2) is 5.52. The molecule has 0 bridgehead atoms. The molecule has 2 aromatic rings. The van der Waals surface area contributed by atoms with Gasteiger partial charge in [-0.1, -0.05) is 23.2 Å². The molecule has 0 aromatic heterocycles. The number of hydrogen-bond acceptors (Lipinski definition) is 3. The first-order valence-electron chi connectivity index (χ1n) is 5.62. The second-order valence-corrected chi connectivity index (χ2v) is 6.90. The van der Waals surface area contributed by atoms with Crippen LogP contribution in [0.3, 0.4) is 0 Å². The third-order valence-corrected chi connectivity index (χ3v) is 4.30. The highest BCUT2D eigenvalue weighted by Crippen LogP contribution is 2.25. The van der Waals surface area contributed by atoms with Crippen LogP contribution < -0.4 is 10.5 Å². The van der Waals surface area contributed by atoms with Crippen LogP contribution in [0.15, 0.2) is 41.3 Å². The molecule has 0 saturated carbocycles. The maximum atomic E-state index is 12.3. The van der Waals surface area contributed by atoms with Gasteiger partial charge in [0.1, 0.15) is 0 Å². The molecule has 0 aliphatic carbocycles. The van der Waals surface area contributed by atoms with Crippen LogP contribution in [-0.2, 0) is 10.0 Å². The lowest BCUT2D eigenvalue weighted by Crippen LogP contribution is -2.13. The van der Waals surface area contributed by atoms with Gasteiger partial charge in [0.25, 0.3) is 10.0 Å². The lowest BCUT2D eigenvalue weighted by molar-refractivity contribution is 0.601. The smallest absolute Gasteiger partial charge is 0.261 e. The van der Waals surface area contributed by atoms with Gasteiger partial charge in [0.2, 0.25) is 0 Å². The lowest BCUT2D eigenvalue weighted by atomic mass is 10.2. The molecule has 0 aliphatic rings. The van der Waals surface area contributed by atoms with Crippen LogP contribution in [0.2, 0.25) is 10.0 Å². The fourth-order valence-corrected chi connectivity index (χ4v) is 3.46. The zero-order valence-electron chi connectivity index (χ0n) is 10.5. The Morgan fingerprint density at radius 1 is 1.00 bits per heavy atom. The fourth-order valence-electron chi connectivity index (χ4n) is 1.76. The van der Waals surface area contributed by atoms with Crippen LogP contribution in [0.1, 0.15) is 5.56 Å². The van der Waals surface area contributed by atoms with E-state index in [0.29, 0.717) is 21.4 Å². The average molecular weight is 331 g/mol. The summed E-state index contributed by atoms with van der Waals surface area (Å²) in [6.45, 7) is 1.77. The monoisotopic (exact) mass is 330 g/mol. The topological polar surface area (TPSA) is 72.2 Å². The van der Waals surface area contributed by atoms with E-state index in [9.17, 15) is 8.42 Å². The minimum atomic E-state index is -3.74. The molecule has 0 fully saturated rings. The first-order valence-corrected chi connectivity index (χ1v) is 7.86. The number of anilines is 2. The van der Waals surface area contributed by atoms with E-state index in [0.717, 1.165) is 5.56 Å². The van der Waals surface area contributed by atoms with Crippen molar-refractivity contribution in [2.45, 2.75) is 11.8 Å². The first-order chi connectivity index (χ1) is 9.26. The molecule has 7 heteroatoms. The van der Waals surface area contributed by atoms with Crippen molar-refractivity contribution >= 4 is 44.6 Å². The minimum Gasteiger partial charge on any atom is -0.399 e. The number of halogens is 2. The SMILES string of the molecule is Cc1cc(N)cc(S(=O)(=O)Nc2cc(Cl)cc(Cl)c2)c1. The Kier molecular flexibility index (Phi) is 4.13. The number of benzene rings is 2. The lowest BCUT2D eigenvalue weighted by Gasteiger charge is -2.10. The van der Waals surface area contributed by atoms with Crippen LogP contribution in [0.4, 0.5) is 11.4 Å². The molecule has 0 spiro atoms. The Morgan fingerprint density at radius 2 is 1.60 bits per heavy atom. The molecule has 2 rings (SSSR count). The van der Waals surface area contributed by atoms with Gasteiger partial charge in [-0.05, 0) is 48.9 Å². The standard InChI is InChI=1S/C13H12Cl2N2O2S/c1-8-2-11(16)7-13(3-8)20(18,19)17-12-5-9(14)4-10(15)6-12/h2-7,17H,16H2,1H3. The molecule has 20 heavy (non-hydrogen) atoms. The number of hydrogen-bond donors (Lipinski definition) is 2. The summed E-state index contributed by atoms with van der Waals surface area (Å²) in [4.78, 5) is 0.0890. The van der Waals surface area contributed by atoms with Gasteiger partial charge >= 0.3 is 0 Å². The zero-order chi connectivity index (χ0) is 14.9. The van der Waals surface area contributed by atoms with E-state index >= 15 is 0 Å². The summed E-state index contributed by atoms with van der Waals surface area (Å²) in [5, 5.41) is 0.693. The Balaban J connectivity index is 2.40. The van der Waals surface area contributed by atoms with Gasteiger partial charge in [-0.2, -0.15) is 0 Å². The van der Waals surface area contributed by atoms with Gasteiger partial charge in [0.05, 0.1) is 10.6 Å². The van der Waals surface area contributed by atoms with Crippen LogP contribution in [0.25, 0.3) is 0 Å². The summed E-state index contributed by atoms with van der Waals surface area (Å²) in [5.74, 6) is 0. The van der Waals surface area contributed by atoms with Crippen molar-refractivity contribution in [3.05, 3.63) is 52.0 Å². The van der Waals surface area contributed by atoms with Crippen molar-refractivity contribution in [2.75, 3.05) is 10.5 Å². The Hall–Kier alpha value is -1.43.